The number of hydrogen-bond donors (Lipinski definition) is 2. The fourth-order valence-corrected chi connectivity index (χ4v) is 2.79. The lowest BCUT2D eigenvalue weighted by atomic mass is 9.94. The molecular weight excluding hydrogens is 271 g/mol. The molecule has 1 aliphatic heterocycles. The highest BCUT2D eigenvalue weighted by atomic mass is 19.1. The SMILES string of the molecule is CCC(C)(C(=O)NN)N1CCN(c2ccc(F)cc2)CC1. The summed E-state index contributed by atoms with van der Waals surface area (Å²) in [6.45, 7) is 7.06. The molecule has 1 saturated heterocycles. The first kappa shape index (κ1) is 15.7. The predicted molar refractivity (Wildman–Crippen MR) is 81.2 cm³/mol. The minimum Gasteiger partial charge on any atom is -0.369 e. The minimum atomic E-state index is -0.580. The molecule has 1 unspecified atom stereocenters. The second kappa shape index (κ2) is 6.41. The summed E-state index contributed by atoms with van der Waals surface area (Å²) < 4.78 is 13.0. The first-order valence-electron chi connectivity index (χ1n) is 7.28. The van der Waals surface area contributed by atoms with Gasteiger partial charge in [0, 0.05) is 31.9 Å². The topological polar surface area (TPSA) is 61.6 Å². The molecule has 0 bridgehead atoms. The second-order valence-electron chi connectivity index (χ2n) is 5.55. The number of halogens is 1. The zero-order valence-electron chi connectivity index (χ0n) is 12.6. The van der Waals surface area contributed by atoms with Gasteiger partial charge in [-0.2, -0.15) is 0 Å². The van der Waals surface area contributed by atoms with Crippen molar-refractivity contribution in [1.29, 1.82) is 0 Å². The molecule has 1 aromatic carbocycles. The fourth-order valence-electron chi connectivity index (χ4n) is 2.79. The van der Waals surface area contributed by atoms with Gasteiger partial charge in [0.15, 0.2) is 0 Å². The van der Waals surface area contributed by atoms with Gasteiger partial charge in [-0.25, -0.2) is 10.2 Å². The number of hydrogen-bond acceptors (Lipinski definition) is 4. The van der Waals surface area contributed by atoms with Gasteiger partial charge in [0.2, 0.25) is 0 Å². The Morgan fingerprint density at radius 3 is 2.33 bits per heavy atom. The van der Waals surface area contributed by atoms with E-state index in [0.717, 1.165) is 31.9 Å². The number of nitrogens with one attached hydrogen (secondary N) is 1. The van der Waals surface area contributed by atoms with Crippen molar-refractivity contribution < 1.29 is 9.18 Å². The van der Waals surface area contributed by atoms with Crippen LogP contribution in [0.4, 0.5) is 10.1 Å². The number of amides is 1. The Hall–Kier alpha value is -1.66. The third kappa shape index (κ3) is 3.16. The van der Waals surface area contributed by atoms with Crippen molar-refractivity contribution in [1.82, 2.24) is 10.3 Å². The van der Waals surface area contributed by atoms with Gasteiger partial charge in [0.05, 0.1) is 5.54 Å². The number of nitrogens with zero attached hydrogens (tertiary/aromatic N) is 2. The minimum absolute atomic E-state index is 0.153. The van der Waals surface area contributed by atoms with Crippen LogP contribution in [0.3, 0.4) is 0 Å². The Labute approximate surface area is 124 Å². The molecule has 116 valence electrons. The lowest BCUT2D eigenvalue weighted by molar-refractivity contribution is -0.133. The van der Waals surface area contributed by atoms with Crippen LogP contribution in [-0.2, 0) is 4.79 Å². The summed E-state index contributed by atoms with van der Waals surface area (Å²) in [5.41, 5.74) is 2.70. The van der Waals surface area contributed by atoms with E-state index in [1.807, 2.05) is 13.8 Å². The standard InChI is InChI=1S/C15H23FN4O/c1-3-15(2,14(21)18-17)20-10-8-19(9-11-20)13-6-4-12(16)5-7-13/h4-7H,3,8-11,17H2,1-2H3,(H,18,21). The summed E-state index contributed by atoms with van der Waals surface area (Å²) in [6.07, 6.45) is 0.701. The van der Waals surface area contributed by atoms with Gasteiger partial charge in [-0.1, -0.05) is 6.92 Å². The lowest BCUT2D eigenvalue weighted by Gasteiger charge is -2.44. The highest BCUT2D eigenvalue weighted by Crippen LogP contribution is 2.24. The van der Waals surface area contributed by atoms with E-state index >= 15 is 0 Å². The quantitative estimate of drug-likeness (QED) is 0.496. The summed E-state index contributed by atoms with van der Waals surface area (Å²) >= 11 is 0. The number of benzene rings is 1. The molecule has 21 heavy (non-hydrogen) atoms. The van der Waals surface area contributed by atoms with E-state index in [2.05, 4.69) is 15.2 Å². The van der Waals surface area contributed by atoms with Crippen LogP contribution in [-0.4, -0.2) is 42.5 Å². The first-order chi connectivity index (χ1) is 10.0. The number of carbonyl (C=O) groups is 1. The van der Waals surface area contributed by atoms with Gasteiger partial charge >= 0.3 is 0 Å². The van der Waals surface area contributed by atoms with E-state index in [4.69, 9.17) is 5.84 Å². The Kier molecular flexibility index (Phi) is 4.80. The number of piperazine rings is 1. The van der Waals surface area contributed by atoms with Crippen molar-refractivity contribution in [2.45, 2.75) is 25.8 Å². The molecule has 3 N–H and O–H groups in total. The molecule has 0 aromatic heterocycles. The molecule has 0 aliphatic carbocycles. The van der Waals surface area contributed by atoms with Gasteiger partial charge < -0.3 is 4.90 Å². The smallest absolute Gasteiger partial charge is 0.254 e. The van der Waals surface area contributed by atoms with Crippen molar-refractivity contribution in [3.05, 3.63) is 30.1 Å². The monoisotopic (exact) mass is 294 g/mol. The van der Waals surface area contributed by atoms with Crippen LogP contribution in [0.25, 0.3) is 0 Å². The maximum atomic E-state index is 13.0. The second-order valence-corrected chi connectivity index (χ2v) is 5.55. The predicted octanol–water partition coefficient (Wildman–Crippen LogP) is 1.11. The maximum absolute atomic E-state index is 13.0. The number of hydrazine groups is 1. The molecule has 1 aromatic rings. The van der Waals surface area contributed by atoms with Crippen LogP contribution in [0.5, 0.6) is 0 Å². The summed E-state index contributed by atoms with van der Waals surface area (Å²) in [4.78, 5) is 16.4. The van der Waals surface area contributed by atoms with Crippen molar-refractivity contribution in [2.24, 2.45) is 5.84 Å². The Morgan fingerprint density at radius 2 is 1.86 bits per heavy atom. The molecule has 1 fully saturated rings. The summed E-state index contributed by atoms with van der Waals surface area (Å²) in [6, 6.07) is 6.52. The highest BCUT2D eigenvalue weighted by Gasteiger charge is 2.38. The van der Waals surface area contributed by atoms with Crippen LogP contribution < -0.4 is 16.2 Å². The van der Waals surface area contributed by atoms with E-state index < -0.39 is 5.54 Å². The largest absolute Gasteiger partial charge is 0.369 e. The van der Waals surface area contributed by atoms with Gasteiger partial charge in [-0.05, 0) is 37.6 Å². The van der Waals surface area contributed by atoms with Crippen LogP contribution in [0.1, 0.15) is 20.3 Å². The molecule has 1 aliphatic rings. The van der Waals surface area contributed by atoms with Crippen molar-refractivity contribution in [2.75, 3.05) is 31.1 Å². The summed E-state index contributed by atoms with van der Waals surface area (Å²) in [5.74, 6) is 4.92. The van der Waals surface area contributed by atoms with Crippen molar-refractivity contribution in [3.63, 3.8) is 0 Å². The van der Waals surface area contributed by atoms with Crippen molar-refractivity contribution in [3.8, 4) is 0 Å². The molecule has 0 spiro atoms. The van der Waals surface area contributed by atoms with E-state index in [9.17, 15) is 9.18 Å². The molecule has 0 saturated carbocycles. The fraction of sp³-hybridized carbons (Fsp3) is 0.533. The van der Waals surface area contributed by atoms with Crippen LogP contribution in [0.15, 0.2) is 24.3 Å². The van der Waals surface area contributed by atoms with E-state index in [0.29, 0.717) is 6.42 Å². The molecule has 5 nitrogen and oxygen atoms in total. The zero-order chi connectivity index (χ0) is 15.5. The third-order valence-electron chi connectivity index (χ3n) is 4.48. The number of carbonyl (C=O) groups excluding carboxylic acids is 1. The van der Waals surface area contributed by atoms with Crippen molar-refractivity contribution >= 4 is 11.6 Å². The van der Waals surface area contributed by atoms with Gasteiger partial charge in [-0.15, -0.1) is 0 Å². The lowest BCUT2D eigenvalue weighted by Crippen LogP contribution is -2.62. The average molecular weight is 294 g/mol. The van der Waals surface area contributed by atoms with Crippen LogP contribution >= 0.6 is 0 Å². The number of anilines is 1. The van der Waals surface area contributed by atoms with E-state index in [-0.39, 0.29) is 11.7 Å². The number of rotatable bonds is 4. The first-order valence-corrected chi connectivity index (χ1v) is 7.28. The molecule has 1 atom stereocenters. The molecule has 6 heteroatoms. The average Bonchev–Trinajstić information content (AvgIpc) is 2.54. The zero-order valence-corrected chi connectivity index (χ0v) is 12.6. The van der Waals surface area contributed by atoms with Gasteiger partial charge in [0.25, 0.3) is 5.91 Å². The molecular formula is C15H23FN4O. The summed E-state index contributed by atoms with van der Waals surface area (Å²) in [7, 11) is 0. The molecule has 0 radical (unpaired) electrons. The van der Waals surface area contributed by atoms with Gasteiger partial charge in [0.1, 0.15) is 5.82 Å². The van der Waals surface area contributed by atoms with Crippen LogP contribution in [0, 0.1) is 5.82 Å². The van der Waals surface area contributed by atoms with E-state index in [1.165, 1.54) is 12.1 Å². The number of nitrogens with two attached hydrogens (primary N) is 1. The maximum Gasteiger partial charge on any atom is 0.254 e. The normalized spacial score (nSPS) is 19.1. The highest BCUT2D eigenvalue weighted by molar-refractivity contribution is 5.85. The summed E-state index contributed by atoms with van der Waals surface area (Å²) in [5, 5.41) is 0. The van der Waals surface area contributed by atoms with Gasteiger partial charge in [-0.3, -0.25) is 15.1 Å². The molecule has 2 rings (SSSR count). The van der Waals surface area contributed by atoms with Crippen LogP contribution in [0.2, 0.25) is 0 Å². The van der Waals surface area contributed by atoms with E-state index in [1.54, 1.807) is 12.1 Å². The Morgan fingerprint density at radius 1 is 1.29 bits per heavy atom. The third-order valence-corrected chi connectivity index (χ3v) is 4.48. The molecule has 1 amide bonds. The molecule has 1 heterocycles. The Bertz CT molecular complexity index is 485. The Balaban J connectivity index is 2.02.